The summed E-state index contributed by atoms with van der Waals surface area (Å²) in [6.45, 7) is 0. The van der Waals surface area contributed by atoms with Gasteiger partial charge in [-0.2, -0.15) is 0 Å². The summed E-state index contributed by atoms with van der Waals surface area (Å²) in [7, 11) is 0. The first-order chi connectivity index (χ1) is 25.7. The van der Waals surface area contributed by atoms with Crippen LogP contribution in [0.25, 0.3) is 100.0 Å². The molecule has 0 bridgehead atoms. The Morgan fingerprint density at radius 2 is 0.846 bits per heavy atom. The van der Waals surface area contributed by atoms with Gasteiger partial charge in [-0.3, -0.25) is 4.98 Å². The van der Waals surface area contributed by atoms with Gasteiger partial charge in [0.2, 0.25) is 0 Å². The highest BCUT2D eigenvalue weighted by Crippen LogP contribution is 2.41. The molecular weight excluding hydrogens is 633 g/mol. The maximum absolute atomic E-state index is 5.12. The van der Waals surface area contributed by atoms with E-state index in [1.807, 2.05) is 85.1 Å². The van der Waals surface area contributed by atoms with Crippen LogP contribution in [0.2, 0.25) is 0 Å². The number of rotatable bonds is 6. The summed E-state index contributed by atoms with van der Waals surface area (Å²) in [6, 6.07) is 61.7. The summed E-state index contributed by atoms with van der Waals surface area (Å²) in [6.07, 6.45) is 1.83. The van der Waals surface area contributed by atoms with Crippen molar-refractivity contribution in [3.05, 3.63) is 182 Å². The number of hydrogen-bond donors (Lipinski definition) is 0. The predicted octanol–water partition coefficient (Wildman–Crippen LogP) is 12.2. The van der Waals surface area contributed by atoms with Crippen molar-refractivity contribution < 1.29 is 0 Å². The Bertz CT molecular complexity index is 2800. The molecule has 10 aromatic rings. The molecule has 0 aliphatic carbocycles. The van der Waals surface area contributed by atoms with Gasteiger partial charge >= 0.3 is 0 Å². The molecule has 0 fully saturated rings. The molecule has 242 valence electrons. The van der Waals surface area contributed by atoms with Gasteiger partial charge in [0.1, 0.15) is 0 Å². The molecular formula is C48H30N4. The summed E-state index contributed by atoms with van der Waals surface area (Å²) in [5.41, 5.74) is 9.27. The van der Waals surface area contributed by atoms with Gasteiger partial charge in [-0.05, 0) is 84.9 Å². The predicted molar refractivity (Wildman–Crippen MR) is 214 cm³/mol. The zero-order valence-corrected chi connectivity index (χ0v) is 28.1. The normalized spacial score (nSPS) is 11.5. The Hall–Kier alpha value is -7.04. The molecule has 0 saturated carbocycles. The standard InChI is InChI=1S/C48H30N4/c1-3-10-36(11-4-1)46-50-47(37-12-5-2-6-13-37)52-48(51-46)40-29-38(31-17-19-32(20-18-31)43-16-7-8-27-49-43)28-39(30-40)41-25-23-35-22-21-33-14-9-15-34-24-26-42(41)45(35)44(33)34/h1-30H. The van der Waals surface area contributed by atoms with Crippen LogP contribution in [0.4, 0.5) is 0 Å². The first-order valence-electron chi connectivity index (χ1n) is 17.5. The van der Waals surface area contributed by atoms with Crippen LogP contribution in [0.3, 0.4) is 0 Å². The maximum atomic E-state index is 5.12. The molecule has 0 amide bonds. The van der Waals surface area contributed by atoms with Crippen LogP contribution >= 0.6 is 0 Å². The fourth-order valence-electron chi connectivity index (χ4n) is 7.37. The Balaban J connectivity index is 1.21. The molecule has 4 heteroatoms. The lowest BCUT2D eigenvalue weighted by Gasteiger charge is -2.16. The van der Waals surface area contributed by atoms with Crippen molar-refractivity contribution in [3.8, 4) is 67.7 Å². The lowest BCUT2D eigenvalue weighted by molar-refractivity contribution is 1.07. The quantitative estimate of drug-likeness (QED) is 0.166. The van der Waals surface area contributed by atoms with Gasteiger partial charge in [-0.15, -0.1) is 0 Å². The van der Waals surface area contributed by atoms with Crippen molar-refractivity contribution in [2.24, 2.45) is 0 Å². The summed E-state index contributed by atoms with van der Waals surface area (Å²) in [5, 5.41) is 7.56. The van der Waals surface area contributed by atoms with Crippen LogP contribution in [-0.4, -0.2) is 19.9 Å². The van der Waals surface area contributed by atoms with Gasteiger partial charge < -0.3 is 0 Å². The zero-order valence-electron chi connectivity index (χ0n) is 28.1. The summed E-state index contributed by atoms with van der Waals surface area (Å²) in [5.74, 6) is 1.90. The topological polar surface area (TPSA) is 51.6 Å². The van der Waals surface area contributed by atoms with Crippen LogP contribution in [0.15, 0.2) is 182 Å². The number of pyridine rings is 1. The van der Waals surface area contributed by atoms with Gasteiger partial charge in [-0.1, -0.05) is 146 Å². The maximum Gasteiger partial charge on any atom is 0.164 e. The second-order valence-electron chi connectivity index (χ2n) is 13.1. The van der Waals surface area contributed by atoms with E-state index in [1.165, 1.54) is 37.9 Å². The van der Waals surface area contributed by atoms with E-state index < -0.39 is 0 Å². The molecule has 0 radical (unpaired) electrons. The van der Waals surface area contributed by atoms with E-state index in [1.54, 1.807) is 0 Å². The minimum Gasteiger partial charge on any atom is -0.256 e. The molecule has 0 N–H and O–H groups in total. The second kappa shape index (κ2) is 12.4. The molecule has 2 aromatic heterocycles. The molecule has 4 nitrogen and oxygen atoms in total. The number of nitrogens with zero attached hydrogens (tertiary/aromatic N) is 4. The minimum atomic E-state index is 0.624. The van der Waals surface area contributed by atoms with Crippen LogP contribution < -0.4 is 0 Å². The number of aromatic nitrogens is 4. The first-order valence-corrected chi connectivity index (χ1v) is 17.5. The molecule has 0 spiro atoms. The molecule has 0 aliphatic rings. The highest BCUT2D eigenvalue weighted by atomic mass is 15.0. The Kier molecular flexibility index (Phi) is 7.10. The van der Waals surface area contributed by atoms with Crippen molar-refractivity contribution in [2.75, 3.05) is 0 Å². The van der Waals surface area contributed by atoms with Gasteiger partial charge in [0, 0.05) is 28.5 Å². The summed E-state index contributed by atoms with van der Waals surface area (Å²) in [4.78, 5) is 19.8. The van der Waals surface area contributed by atoms with Crippen LogP contribution in [0.5, 0.6) is 0 Å². The molecule has 52 heavy (non-hydrogen) atoms. The van der Waals surface area contributed by atoms with E-state index in [2.05, 4.69) is 102 Å². The SMILES string of the molecule is c1ccc(-c2nc(-c3ccccc3)nc(-c3cc(-c4ccc(-c5ccccn5)cc4)cc(-c4ccc5ccc6cccc7ccc4c5c67)c3)n2)cc1. The van der Waals surface area contributed by atoms with Crippen LogP contribution in [0, 0.1) is 0 Å². The van der Waals surface area contributed by atoms with Crippen LogP contribution in [-0.2, 0) is 0 Å². The fraction of sp³-hybridized carbons (Fsp3) is 0. The third-order valence-electron chi connectivity index (χ3n) is 9.91. The van der Waals surface area contributed by atoms with E-state index >= 15 is 0 Å². The Morgan fingerprint density at radius 3 is 1.50 bits per heavy atom. The lowest BCUT2D eigenvalue weighted by Crippen LogP contribution is -2.00. The second-order valence-corrected chi connectivity index (χ2v) is 13.1. The Morgan fingerprint density at radius 1 is 0.308 bits per heavy atom. The third kappa shape index (κ3) is 5.26. The highest BCUT2D eigenvalue weighted by Gasteiger charge is 2.17. The minimum absolute atomic E-state index is 0.624. The van der Waals surface area contributed by atoms with Gasteiger partial charge in [0.15, 0.2) is 17.5 Å². The largest absolute Gasteiger partial charge is 0.256 e. The van der Waals surface area contributed by atoms with E-state index in [0.717, 1.165) is 44.6 Å². The molecule has 8 aromatic carbocycles. The van der Waals surface area contributed by atoms with Crippen LogP contribution in [0.1, 0.15) is 0 Å². The van der Waals surface area contributed by atoms with Crippen molar-refractivity contribution in [1.82, 2.24) is 19.9 Å². The summed E-state index contributed by atoms with van der Waals surface area (Å²) >= 11 is 0. The molecule has 0 saturated heterocycles. The van der Waals surface area contributed by atoms with Gasteiger partial charge in [0.05, 0.1) is 5.69 Å². The van der Waals surface area contributed by atoms with E-state index in [9.17, 15) is 0 Å². The molecule has 0 aliphatic heterocycles. The molecule has 10 rings (SSSR count). The zero-order chi connectivity index (χ0) is 34.4. The van der Waals surface area contributed by atoms with E-state index in [0.29, 0.717) is 17.5 Å². The average molecular weight is 663 g/mol. The van der Waals surface area contributed by atoms with Crippen molar-refractivity contribution in [1.29, 1.82) is 0 Å². The number of benzene rings is 8. The average Bonchev–Trinajstić information content (AvgIpc) is 3.23. The lowest BCUT2D eigenvalue weighted by atomic mass is 9.88. The van der Waals surface area contributed by atoms with Crippen molar-refractivity contribution >= 4 is 32.3 Å². The molecule has 2 heterocycles. The monoisotopic (exact) mass is 662 g/mol. The molecule has 0 unspecified atom stereocenters. The number of hydrogen-bond acceptors (Lipinski definition) is 4. The van der Waals surface area contributed by atoms with E-state index in [-0.39, 0.29) is 0 Å². The van der Waals surface area contributed by atoms with Gasteiger partial charge in [0.25, 0.3) is 0 Å². The first kappa shape index (κ1) is 29.8. The molecule has 0 atom stereocenters. The summed E-state index contributed by atoms with van der Waals surface area (Å²) < 4.78 is 0. The fourth-order valence-corrected chi connectivity index (χ4v) is 7.37. The van der Waals surface area contributed by atoms with E-state index in [4.69, 9.17) is 15.0 Å². The third-order valence-corrected chi connectivity index (χ3v) is 9.91. The van der Waals surface area contributed by atoms with Crippen molar-refractivity contribution in [2.45, 2.75) is 0 Å². The van der Waals surface area contributed by atoms with Crippen molar-refractivity contribution in [3.63, 3.8) is 0 Å². The smallest absolute Gasteiger partial charge is 0.164 e. The Labute approximate surface area is 301 Å². The highest BCUT2D eigenvalue weighted by molar-refractivity contribution is 6.25. The van der Waals surface area contributed by atoms with Gasteiger partial charge in [-0.25, -0.2) is 15.0 Å².